The first kappa shape index (κ1) is 9.90. The molecule has 0 aromatic carbocycles. The molecule has 0 amide bonds. The molecule has 0 aliphatic heterocycles. The summed E-state index contributed by atoms with van der Waals surface area (Å²) < 4.78 is 0. The molecule has 0 N–H and O–H groups in total. The Hall–Kier alpha value is -1.18. The van der Waals surface area contributed by atoms with Crippen LogP contribution in [0, 0.1) is 20.8 Å². The number of allylic oxidation sites excluding steroid dienone is 1. The predicted octanol–water partition coefficient (Wildman–Crippen LogP) is 2.83. The Balaban J connectivity index is 3.24. The number of rotatable bonds is 1. The van der Waals surface area contributed by atoms with Crippen molar-refractivity contribution in [2.75, 3.05) is 0 Å². The van der Waals surface area contributed by atoms with Gasteiger partial charge in [0.05, 0.1) is 22.8 Å². The van der Waals surface area contributed by atoms with Crippen molar-refractivity contribution in [1.82, 2.24) is 9.97 Å². The lowest BCUT2D eigenvalue weighted by Gasteiger charge is -2.04. The van der Waals surface area contributed by atoms with Gasteiger partial charge in [0.2, 0.25) is 0 Å². The molecule has 0 saturated heterocycles. The van der Waals surface area contributed by atoms with E-state index in [0.29, 0.717) is 0 Å². The van der Waals surface area contributed by atoms with Gasteiger partial charge < -0.3 is 0 Å². The highest BCUT2D eigenvalue weighted by atomic mass is 14.8. The molecule has 0 atom stereocenters. The summed E-state index contributed by atoms with van der Waals surface area (Å²) in [5.74, 6) is 0. The van der Waals surface area contributed by atoms with Gasteiger partial charge in [-0.2, -0.15) is 0 Å². The fourth-order valence-electron chi connectivity index (χ4n) is 1.14. The van der Waals surface area contributed by atoms with Crippen LogP contribution in [0.4, 0.5) is 0 Å². The third kappa shape index (κ3) is 2.38. The number of aromatic nitrogens is 2. The van der Waals surface area contributed by atoms with Gasteiger partial charge in [0.1, 0.15) is 0 Å². The first-order valence-electron chi connectivity index (χ1n) is 4.47. The zero-order valence-electron chi connectivity index (χ0n) is 8.97. The standard InChI is InChI=1S/C11H16N2/c1-7(2)6-11-10(5)12-8(3)9(4)13-11/h6H,1-5H3. The molecule has 0 aliphatic rings. The number of nitrogens with zero attached hydrogens (tertiary/aromatic N) is 2. The second-order valence-electron chi connectivity index (χ2n) is 3.59. The molecule has 1 aromatic heterocycles. The fourth-order valence-corrected chi connectivity index (χ4v) is 1.14. The van der Waals surface area contributed by atoms with Crippen molar-refractivity contribution < 1.29 is 0 Å². The van der Waals surface area contributed by atoms with Crippen LogP contribution in [0.5, 0.6) is 0 Å². The van der Waals surface area contributed by atoms with Gasteiger partial charge in [0.25, 0.3) is 0 Å². The van der Waals surface area contributed by atoms with E-state index in [1.807, 2.05) is 20.8 Å². The van der Waals surface area contributed by atoms with Crippen molar-refractivity contribution in [2.45, 2.75) is 34.6 Å². The van der Waals surface area contributed by atoms with E-state index in [4.69, 9.17) is 0 Å². The Morgan fingerprint density at radius 3 is 2.00 bits per heavy atom. The zero-order chi connectivity index (χ0) is 10.0. The summed E-state index contributed by atoms with van der Waals surface area (Å²) in [6.45, 7) is 10.1. The molecule has 13 heavy (non-hydrogen) atoms. The highest BCUT2D eigenvalue weighted by molar-refractivity contribution is 5.50. The van der Waals surface area contributed by atoms with Gasteiger partial charge in [-0.25, -0.2) is 4.98 Å². The molecule has 1 heterocycles. The van der Waals surface area contributed by atoms with Gasteiger partial charge in [-0.3, -0.25) is 4.98 Å². The lowest BCUT2D eigenvalue weighted by Crippen LogP contribution is -1.98. The van der Waals surface area contributed by atoms with E-state index in [0.717, 1.165) is 22.8 Å². The Bertz CT molecular complexity index is 347. The molecule has 0 radical (unpaired) electrons. The largest absolute Gasteiger partial charge is 0.254 e. The van der Waals surface area contributed by atoms with Gasteiger partial charge in [-0.05, 0) is 40.7 Å². The highest BCUT2D eigenvalue weighted by Crippen LogP contribution is 2.10. The summed E-state index contributed by atoms with van der Waals surface area (Å²) in [5, 5.41) is 0. The van der Waals surface area contributed by atoms with Crippen LogP contribution in [0.2, 0.25) is 0 Å². The van der Waals surface area contributed by atoms with Crippen molar-refractivity contribution >= 4 is 6.08 Å². The maximum absolute atomic E-state index is 4.47. The second kappa shape index (κ2) is 3.69. The Morgan fingerprint density at radius 1 is 0.923 bits per heavy atom. The van der Waals surface area contributed by atoms with Crippen LogP contribution >= 0.6 is 0 Å². The normalized spacial score (nSPS) is 9.92. The van der Waals surface area contributed by atoms with Crippen LogP contribution in [0.3, 0.4) is 0 Å². The van der Waals surface area contributed by atoms with E-state index < -0.39 is 0 Å². The molecule has 0 fully saturated rings. The van der Waals surface area contributed by atoms with E-state index in [1.54, 1.807) is 0 Å². The van der Waals surface area contributed by atoms with Crippen LogP contribution in [0.25, 0.3) is 6.08 Å². The quantitative estimate of drug-likeness (QED) is 0.657. The van der Waals surface area contributed by atoms with Crippen molar-refractivity contribution in [3.05, 3.63) is 28.3 Å². The summed E-state index contributed by atoms with van der Waals surface area (Å²) in [4.78, 5) is 8.89. The minimum Gasteiger partial charge on any atom is -0.254 e. The van der Waals surface area contributed by atoms with Gasteiger partial charge >= 0.3 is 0 Å². The van der Waals surface area contributed by atoms with Gasteiger partial charge in [0.15, 0.2) is 0 Å². The fraction of sp³-hybridized carbons (Fsp3) is 0.455. The smallest absolute Gasteiger partial charge is 0.0844 e. The Labute approximate surface area is 79.7 Å². The maximum atomic E-state index is 4.47. The zero-order valence-corrected chi connectivity index (χ0v) is 8.97. The summed E-state index contributed by atoms with van der Waals surface area (Å²) in [7, 11) is 0. The van der Waals surface area contributed by atoms with Crippen LogP contribution in [0.15, 0.2) is 5.57 Å². The average molecular weight is 176 g/mol. The third-order valence-electron chi connectivity index (χ3n) is 1.94. The van der Waals surface area contributed by atoms with E-state index >= 15 is 0 Å². The minimum atomic E-state index is 0.989. The molecule has 1 rings (SSSR count). The topological polar surface area (TPSA) is 25.8 Å². The van der Waals surface area contributed by atoms with Crippen LogP contribution in [-0.4, -0.2) is 9.97 Å². The van der Waals surface area contributed by atoms with Crippen LogP contribution < -0.4 is 0 Å². The van der Waals surface area contributed by atoms with Gasteiger partial charge in [0, 0.05) is 0 Å². The number of hydrogen-bond donors (Lipinski definition) is 0. The monoisotopic (exact) mass is 176 g/mol. The van der Waals surface area contributed by atoms with E-state index in [-0.39, 0.29) is 0 Å². The van der Waals surface area contributed by atoms with Crippen molar-refractivity contribution in [2.24, 2.45) is 0 Å². The van der Waals surface area contributed by atoms with E-state index in [1.165, 1.54) is 5.57 Å². The summed E-state index contributed by atoms with van der Waals surface area (Å²) in [6.07, 6.45) is 2.06. The highest BCUT2D eigenvalue weighted by Gasteiger charge is 2.01. The lowest BCUT2D eigenvalue weighted by atomic mass is 10.2. The molecule has 70 valence electrons. The molecule has 0 bridgehead atoms. The molecule has 2 heteroatoms. The molecule has 0 aliphatic carbocycles. The minimum absolute atomic E-state index is 0.989. The van der Waals surface area contributed by atoms with Crippen LogP contribution in [0.1, 0.15) is 36.6 Å². The summed E-state index contributed by atoms with van der Waals surface area (Å²) >= 11 is 0. The third-order valence-corrected chi connectivity index (χ3v) is 1.94. The molecular weight excluding hydrogens is 160 g/mol. The van der Waals surface area contributed by atoms with Crippen LogP contribution in [-0.2, 0) is 0 Å². The van der Waals surface area contributed by atoms with Crippen molar-refractivity contribution in [3.63, 3.8) is 0 Å². The molecule has 0 unspecified atom stereocenters. The first-order valence-corrected chi connectivity index (χ1v) is 4.47. The Kier molecular flexibility index (Phi) is 2.81. The average Bonchev–Trinajstić information content (AvgIpc) is 1.99. The van der Waals surface area contributed by atoms with Crippen molar-refractivity contribution in [1.29, 1.82) is 0 Å². The van der Waals surface area contributed by atoms with Gasteiger partial charge in [-0.15, -0.1) is 0 Å². The first-order chi connectivity index (χ1) is 6.00. The number of hydrogen-bond acceptors (Lipinski definition) is 2. The van der Waals surface area contributed by atoms with Gasteiger partial charge in [-0.1, -0.05) is 5.57 Å². The van der Waals surface area contributed by atoms with E-state index in [2.05, 4.69) is 29.9 Å². The SMILES string of the molecule is CC(C)=Cc1nc(C)c(C)nc1C. The lowest BCUT2D eigenvalue weighted by molar-refractivity contribution is 0.989. The summed E-state index contributed by atoms with van der Waals surface area (Å²) in [6, 6.07) is 0. The molecule has 0 saturated carbocycles. The maximum Gasteiger partial charge on any atom is 0.0844 e. The molecule has 0 spiro atoms. The summed E-state index contributed by atoms with van der Waals surface area (Å²) in [5.41, 5.74) is 5.27. The predicted molar refractivity (Wildman–Crippen MR) is 55.6 cm³/mol. The van der Waals surface area contributed by atoms with Crippen molar-refractivity contribution in [3.8, 4) is 0 Å². The molecule has 1 aromatic rings. The second-order valence-corrected chi connectivity index (χ2v) is 3.59. The molecular formula is C11H16N2. The Morgan fingerprint density at radius 2 is 1.46 bits per heavy atom. The molecule has 2 nitrogen and oxygen atoms in total. The number of aryl methyl sites for hydroxylation is 3. The van der Waals surface area contributed by atoms with E-state index in [9.17, 15) is 0 Å².